The van der Waals surface area contributed by atoms with Crippen LogP contribution < -0.4 is 0 Å². The summed E-state index contributed by atoms with van der Waals surface area (Å²) in [5, 5.41) is 8.99. The van der Waals surface area contributed by atoms with Crippen LogP contribution in [0.1, 0.15) is 41.2 Å². The number of hydrogen-bond donors (Lipinski definition) is 2. The molecule has 0 aromatic carbocycles. The molecule has 0 aliphatic carbocycles. The Morgan fingerprint density at radius 3 is 2.79 bits per heavy atom. The third kappa shape index (κ3) is 3.54. The highest BCUT2D eigenvalue weighted by Crippen LogP contribution is 2.12. The lowest BCUT2D eigenvalue weighted by Crippen LogP contribution is -2.41. The average molecular weight is 269 g/mol. The van der Waals surface area contributed by atoms with Gasteiger partial charge < -0.3 is 19.7 Å². The Morgan fingerprint density at radius 1 is 1.58 bits per heavy atom. The van der Waals surface area contributed by atoms with Crippen molar-refractivity contribution in [2.24, 2.45) is 0 Å². The maximum atomic E-state index is 12.4. The van der Waals surface area contributed by atoms with Crippen LogP contribution in [0.3, 0.4) is 0 Å². The minimum Gasteiger partial charge on any atom is -0.477 e. The summed E-state index contributed by atoms with van der Waals surface area (Å²) in [6.45, 7) is 4.65. The van der Waals surface area contributed by atoms with Gasteiger partial charge in [-0.1, -0.05) is 6.92 Å². The second kappa shape index (κ2) is 6.89. The van der Waals surface area contributed by atoms with Crippen molar-refractivity contribution < 1.29 is 19.4 Å². The van der Waals surface area contributed by atoms with Gasteiger partial charge in [0.05, 0.1) is 12.9 Å². The number of nitrogens with one attached hydrogen (secondary N) is 1. The van der Waals surface area contributed by atoms with E-state index in [0.717, 1.165) is 6.42 Å². The summed E-state index contributed by atoms with van der Waals surface area (Å²) in [6, 6.07) is -0.0130. The van der Waals surface area contributed by atoms with Crippen molar-refractivity contribution >= 4 is 11.9 Å². The smallest absolute Gasteiger partial charge is 0.354 e. The lowest BCUT2D eigenvalue weighted by molar-refractivity contribution is 0.0590. The topological polar surface area (TPSA) is 95.5 Å². The number of carbonyl (C=O) groups is 2. The Balaban J connectivity index is 2.98. The minimum absolute atomic E-state index is 0.0130. The van der Waals surface area contributed by atoms with E-state index in [2.05, 4.69) is 9.97 Å². The number of nitrogens with zero attached hydrogens (tertiary/aromatic N) is 2. The van der Waals surface area contributed by atoms with Crippen molar-refractivity contribution in [2.45, 2.75) is 26.3 Å². The van der Waals surface area contributed by atoms with E-state index in [0.29, 0.717) is 13.2 Å². The first-order chi connectivity index (χ1) is 9.02. The second-order valence-corrected chi connectivity index (χ2v) is 4.18. The number of carbonyl (C=O) groups excluding carboxylic acids is 1. The number of carboxylic acid groups (broad SMARTS) is 1. The van der Waals surface area contributed by atoms with Crippen LogP contribution in [0.25, 0.3) is 0 Å². The molecule has 0 aliphatic heterocycles. The van der Waals surface area contributed by atoms with Crippen LogP contribution in [0, 0.1) is 0 Å². The zero-order valence-electron chi connectivity index (χ0n) is 11.3. The molecule has 19 heavy (non-hydrogen) atoms. The van der Waals surface area contributed by atoms with Gasteiger partial charge >= 0.3 is 5.97 Å². The molecule has 1 aromatic rings. The molecule has 7 nitrogen and oxygen atoms in total. The van der Waals surface area contributed by atoms with Gasteiger partial charge in [-0.2, -0.15) is 0 Å². The molecular weight excluding hydrogens is 250 g/mol. The summed E-state index contributed by atoms with van der Waals surface area (Å²) in [4.78, 5) is 31.2. The third-order valence-corrected chi connectivity index (χ3v) is 2.98. The van der Waals surface area contributed by atoms with E-state index < -0.39 is 11.9 Å². The van der Waals surface area contributed by atoms with Gasteiger partial charge in [-0.05, 0) is 13.3 Å². The highest BCUT2D eigenvalue weighted by molar-refractivity contribution is 6.02. The van der Waals surface area contributed by atoms with E-state index in [-0.39, 0.29) is 17.4 Å². The highest BCUT2D eigenvalue weighted by atomic mass is 16.5. The maximum Gasteiger partial charge on any atom is 0.354 e. The van der Waals surface area contributed by atoms with Crippen LogP contribution in [0.5, 0.6) is 0 Å². The van der Waals surface area contributed by atoms with Crippen molar-refractivity contribution in [3.8, 4) is 0 Å². The van der Waals surface area contributed by atoms with Crippen LogP contribution in [-0.2, 0) is 4.74 Å². The van der Waals surface area contributed by atoms with Gasteiger partial charge in [0.1, 0.15) is 0 Å². The van der Waals surface area contributed by atoms with Gasteiger partial charge in [-0.3, -0.25) is 4.79 Å². The molecule has 0 aliphatic rings. The first-order valence-corrected chi connectivity index (χ1v) is 6.09. The van der Waals surface area contributed by atoms with E-state index >= 15 is 0 Å². The number of carboxylic acids is 1. The van der Waals surface area contributed by atoms with Crippen LogP contribution in [0.2, 0.25) is 0 Å². The Bertz CT molecular complexity index is 444. The van der Waals surface area contributed by atoms with E-state index in [1.807, 2.05) is 13.8 Å². The van der Waals surface area contributed by atoms with E-state index in [4.69, 9.17) is 9.84 Å². The summed E-state index contributed by atoms with van der Waals surface area (Å²) in [5.41, 5.74) is -0.250. The van der Waals surface area contributed by atoms with Crippen molar-refractivity contribution in [3.05, 3.63) is 17.7 Å². The van der Waals surface area contributed by atoms with Crippen LogP contribution in [0.15, 0.2) is 6.33 Å². The van der Waals surface area contributed by atoms with Crippen molar-refractivity contribution in [1.82, 2.24) is 14.9 Å². The van der Waals surface area contributed by atoms with Crippen molar-refractivity contribution in [3.63, 3.8) is 0 Å². The molecule has 0 spiro atoms. The molecule has 7 heteroatoms. The summed E-state index contributed by atoms with van der Waals surface area (Å²) in [6.07, 6.45) is 1.98. The molecule has 1 amide bonds. The monoisotopic (exact) mass is 269 g/mol. The van der Waals surface area contributed by atoms with Gasteiger partial charge in [0.25, 0.3) is 5.91 Å². The van der Waals surface area contributed by atoms with E-state index in [9.17, 15) is 9.59 Å². The minimum atomic E-state index is -1.20. The largest absolute Gasteiger partial charge is 0.477 e. The van der Waals surface area contributed by atoms with Gasteiger partial charge in [-0.25, -0.2) is 9.78 Å². The summed E-state index contributed by atoms with van der Waals surface area (Å²) >= 11 is 0. The van der Waals surface area contributed by atoms with Crippen LogP contribution >= 0.6 is 0 Å². The van der Waals surface area contributed by atoms with Gasteiger partial charge in [0, 0.05) is 19.7 Å². The van der Waals surface area contributed by atoms with Crippen LogP contribution in [-0.4, -0.2) is 58.2 Å². The molecule has 0 saturated carbocycles. The highest BCUT2D eigenvalue weighted by Gasteiger charge is 2.26. The average Bonchev–Trinajstić information content (AvgIpc) is 2.87. The van der Waals surface area contributed by atoms with Crippen molar-refractivity contribution in [1.29, 1.82) is 0 Å². The SMILES string of the molecule is CCC(C)N(CCOC)C(=O)c1nc[nH]c1C(=O)O. The number of methoxy groups -OCH3 is 1. The maximum absolute atomic E-state index is 12.4. The molecule has 1 atom stereocenters. The predicted molar refractivity (Wildman–Crippen MR) is 68.2 cm³/mol. The Hall–Kier alpha value is -1.89. The molecule has 1 aromatic heterocycles. The number of hydrogen-bond acceptors (Lipinski definition) is 4. The Morgan fingerprint density at radius 2 is 2.26 bits per heavy atom. The number of imidazole rings is 1. The number of rotatable bonds is 7. The molecule has 0 fully saturated rings. The lowest BCUT2D eigenvalue weighted by Gasteiger charge is -2.27. The van der Waals surface area contributed by atoms with Gasteiger partial charge in [-0.15, -0.1) is 0 Å². The Kier molecular flexibility index (Phi) is 5.50. The second-order valence-electron chi connectivity index (χ2n) is 4.18. The quantitative estimate of drug-likeness (QED) is 0.769. The zero-order valence-corrected chi connectivity index (χ0v) is 11.3. The number of ether oxygens (including phenoxy) is 1. The standard InChI is InChI=1S/C12H19N3O4/c1-4-8(2)15(5-6-19-3)11(16)9-10(12(17)18)14-7-13-9/h7-8H,4-6H2,1-3H3,(H,13,14)(H,17,18). The predicted octanol–water partition coefficient (Wildman–Crippen LogP) is 0.995. The fourth-order valence-electron chi connectivity index (χ4n) is 1.69. The fraction of sp³-hybridized carbons (Fsp3) is 0.583. The fourth-order valence-corrected chi connectivity index (χ4v) is 1.69. The first kappa shape index (κ1) is 15.2. The summed E-state index contributed by atoms with van der Waals surface area (Å²) in [5.74, 6) is -1.60. The van der Waals surface area contributed by atoms with E-state index in [1.165, 1.54) is 6.33 Å². The molecule has 0 saturated heterocycles. The summed E-state index contributed by atoms with van der Waals surface area (Å²) < 4.78 is 4.97. The lowest BCUT2D eigenvalue weighted by atomic mass is 10.2. The van der Waals surface area contributed by atoms with Crippen molar-refractivity contribution in [2.75, 3.05) is 20.3 Å². The Labute approximate surface area is 111 Å². The summed E-state index contributed by atoms with van der Waals surface area (Å²) in [7, 11) is 1.55. The normalized spacial score (nSPS) is 12.2. The molecule has 0 radical (unpaired) electrons. The molecule has 2 N–H and O–H groups in total. The molecule has 0 bridgehead atoms. The molecule has 106 valence electrons. The number of aromatic nitrogens is 2. The first-order valence-electron chi connectivity index (χ1n) is 6.09. The van der Waals surface area contributed by atoms with Gasteiger partial charge in [0.15, 0.2) is 11.4 Å². The van der Waals surface area contributed by atoms with E-state index in [1.54, 1.807) is 12.0 Å². The van der Waals surface area contributed by atoms with Crippen LogP contribution in [0.4, 0.5) is 0 Å². The molecule has 1 unspecified atom stereocenters. The molecule has 1 rings (SSSR count). The number of aromatic carboxylic acids is 1. The molecule has 1 heterocycles. The number of amides is 1. The molecular formula is C12H19N3O4. The third-order valence-electron chi connectivity index (χ3n) is 2.98. The van der Waals surface area contributed by atoms with Gasteiger partial charge in [0.2, 0.25) is 0 Å². The number of aromatic amines is 1. The number of H-pyrrole nitrogens is 1. The zero-order chi connectivity index (χ0) is 14.4.